The molecule has 32 heavy (non-hydrogen) atoms. The van der Waals surface area contributed by atoms with Crippen LogP contribution in [0.25, 0.3) is 0 Å². The molecule has 0 aliphatic heterocycles. The number of halogens is 4. The van der Waals surface area contributed by atoms with Gasteiger partial charge in [0.2, 0.25) is 5.91 Å². The summed E-state index contributed by atoms with van der Waals surface area (Å²) in [5.41, 5.74) is -1.56. The molecule has 0 bridgehead atoms. The molecule has 0 saturated heterocycles. The zero-order valence-corrected chi connectivity index (χ0v) is 18.9. The number of rotatable bonds is 5. The van der Waals surface area contributed by atoms with E-state index in [1.165, 1.54) is 17.9 Å². The number of hydrogen-bond acceptors (Lipinski definition) is 3. The molecule has 170 valence electrons. The summed E-state index contributed by atoms with van der Waals surface area (Å²) < 4.78 is 55.5. The second kappa shape index (κ2) is 10.1. The molecule has 0 aromatic heterocycles. The lowest BCUT2D eigenvalue weighted by atomic mass is 10.0. The second-order valence-electron chi connectivity index (χ2n) is 7.29. The molecule has 0 aliphatic rings. The van der Waals surface area contributed by atoms with E-state index < -0.39 is 34.7 Å². The minimum atomic E-state index is -5.12. The van der Waals surface area contributed by atoms with Gasteiger partial charge in [0.15, 0.2) is 10.9 Å². The molecular formula is C23H23F4N3OS. The number of benzene rings is 2. The molecule has 1 amide bonds. The monoisotopic (exact) mass is 465 g/mol. The van der Waals surface area contributed by atoms with Crippen LogP contribution in [0.5, 0.6) is 0 Å². The van der Waals surface area contributed by atoms with Crippen LogP contribution in [-0.2, 0) is 11.0 Å². The van der Waals surface area contributed by atoms with Gasteiger partial charge in [-0.25, -0.2) is 4.39 Å². The molecule has 0 atom stereocenters. The molecular weight excluding hydrogens is 442 g/mol. The highest BCUT2D eigenvalue weighted by atomic mass is 32.1. The van der Waals surface area contributed by atoms with Crippen LogP contribution >= 0.6 is 12.2 Å². The highest BCUT2D eigenvalue weighted by Gasteiger charge is 2.40. The Balaban J connectivity index is 2.63. The van der Waals surface area contributed by atoms with E-state index in [1.54, 1.807) is 19.1 Å². The van der Waals surface area contributed by atoms with Gasteiger partial charge in [0.05, 0.1) is 17.3 Å². The van der Waals surface area contributed by atoms with Crippen molar-refractivity contribution in [3.8, 4) is 6.07 Å². The summed E-state index contributed by atoms with van der Waals surface area (Å²) in [5.74, 6) is -2.10. The van der Waals surface area contributed by atoms with Crippen molar-refractivity contribution in [1.29, 1.82) is 5.26 Å². The zero-order chi connectivity index (χ0) is 24.2. The van der Waals surface area contributed by atoms with E-state index in [4.69, 9.17) is 17.5 Å². The van der Waals surface area contributed by atoms with Gasteiger partial charge in [0.25, 0.3) is 0 Å². The third kappa shape index (κ3) is 5.07. The van der Waals surface area contributed by atoms with Crippen LogP contribution in [-0.4, -0.2) is 17.6 Å². The van der Waals surface area contributed by atoms with Crippen molar-refractivity contribution in [2.75, 3.05) is 16.3 Å². The van der Waals surface area contributed by atoms with Crippen molar-refractivity contribution >= 4 is 34.6 Å². The maximum Gasteiger partial charge on any atom is 0.420 e. The number of nitriles is 1. The molecule has 2 aromatic rings. The van der Waals surface area contributed by atoms with E-state index in [0.29, 0.717) is 5.69 Å². The number of nitrogens with zero attached hydrogens (tertiary/aromatic N) is 3. The highest BCUT2D eigenvalue weighted by Crippen LogP contribution is 2.38. The summed E-state index contributed by atoms with van der Waals surface area (Å²) in [6, 6.07) is 10.5. The van der Waals surface area contributed by atoms with Crippen LogP contribution in [0.3, 0.4) is 0 Å². The van der Waals surface area contributed by atoms with Gasteiger partial charge in [-0.15, -0.1) is 0 Å². The van der Waals surface area contributed by atoms with Gasteiger partial charge in [0, 0.05) is 18.7 Å². The van der Waals surface area contributed by atoms with Crippen LogP contribution in [0.4, 0.5) is 28.9 Å². The fourth-order valence-electron chi connectivity index (χ4n) is 3.20. The molecule has 0 unspecified atom stereocenters. The normalized spacial score (nSPS) is 11.2. The van der Waals surface area contributed by atoms with Crippen molar-refractivity contribution in [2.24, 2.45) is 0 Å². The first-order chi connectivity index (χ1) is 15.0. The van der Waals surface area contributed by atoms with Gasteiger partial charge < -0.3 is 4.90 Å². The third-order valence-electron chi connectivity index (χ3n) is 4.93. The summed E-state index contributed by atoms with van der Waals surface area (Å²) in [5, 5.41) is 8.85. The molecule has 2 aromatic carbocycles. The molecule has 0 saturated carbocycles. The largest absolute Gasteiger partial charge is 0.420 e. The Labute approximate surface area is 190 Å². The predicted molar refractivity (Wildman–Crippen MR) is 120 cm³/mol. The number of carbonyl (C=O) groups excluding carboxylic acids is 1. The molecule has 4 nitrogen and oxygen atoms in total. The number of amides is 1. The maximum atomic E-state index is 15.1. The van der Waals surface area contributed by atoms with Crippen LogP contribution in [0.15, 0.2) is 36.4 Å². The Morgan fingerprint density at radius 3 is 2.16 bits per heavy atom. The smallest absolute Gasteiger partial charge is 0.319 e. The van der Waals surface area contributed by atoms with Crippen molar-refractivity contribution < 1.29 is 22.4 Å². The predicted octanol–water partition coefficient (Wildman–Crippen LogP) is 6.39. The van der Waals surface area contributed by atoms with Gasteiger partial charge in [-0.2, -0.15) is 18.4 Å². The van der Waals surface area contributed by atoms with Crippen LogP contribution < -0.4 is 9.80 Å². The SMILES string of the molecule is CCC(=O)N(C(=S)N(CC)c1ccc(C(C)C)cc1)c1ccc(C#N)c(C(F)(F)F)c1F. The molecule has 0 aliphatic carbocycles. The summed E-state index contributed by atoms with van der Waals surface area (Å²) in [6.07, 6.45) is -5.24. The first-order valence-electron chi connectivity index (χ1n) is 10.0. The molecule has 0 radical (unpaired) electrons. The molecule has 0 fully saturated rings. The lowest BCUT2D eigenvalue weighted by Gasteiger charge is -2.32. The van der Waals surface area contributed by atoms with Gasteiger partial charge in [-0.1, -0.05) is 32.9 Å². The van der Waals surface area contributed by atoms with Crippen LogP contribution in [0, 0.1) is 17.1 Å². The van der Waals surface area contributed by atoms with Gasteiger partial charge >= 0.3 is 6.18 Å². The summed E-state index contributed by atoms with van der Waals surface area (Å²) in [6.45, 7) is 7.61. The summed E-state index contributed by atoms with van der Waals surface area (Å²) in [4.78, 5) is 15.0. The van der Waals surface area contributed by atoms with Crippen molar-refractivity contribution in [3.05, 3.63) is 58.9 Å². The number of carbonyl (C=O) groups is 1. The quantitative estimate of drug-likeness (QED) is 0.379. The molecule has 2 rings (SSSR count). The minimum absolute atomic E-state index is 0.120. The summed E-state index contributed by atoms with van der Waals surface area (Å²) >= 11 is 5.46. The van der Waals surface area contributed by atoms with Gasteiger partial charge in [0.1, 0.15) is 5.56 Å². The fraction of sp³-hybridized carbons (Fsp3) is 0.348. The Bertz CT molecular complexity index is 1040. The molecule has 0 N–H and O–H groups in total. The standard InChI is InChI=1S/C23H23F4N3OS/c1-5-19(31)30(18-12-9-16(13-28)20(21(18)24)23(25,26)27)22(32)29(6-2)17-10-7-15(8-11-17)14(3)4/h7-12,14H,5-6H2,1-4H3. The highest BCUT2D eigenvalue weighted by molar-refractivity contribution is 7.81. The number of hydrogen-bond donors (Lipinski definition) is 0. The lowest BCUT2D eigenvalue weighted by molar-refractivity contribution is -0.140. The fourth-order valence-corrected chi connectivity index (χ4v) is 3.63. The van der Waals surface area contributed by atoms with Gasteiger partial charge in [-0.05, 0) is 54.9 Å². The Hall–Kier alpha value is -2.99. The summed E-state index contributed by atoms with van der Waals surface area (Å²) in [7, 11) is 0. The van der Waals surface area contributed by atoms with E-state index in [-0.39, 0.29) is 24.0 Å². The first kappa shape index (κ1) is 25.3. The van der Waals surface area contributed by atoms with Gasteiger partial charge in [-0.3, -0.25) is 9.69 Å². The number of thiocarbonyl (C=S) groups is 1. The van der Waals surface area contributed by atoms with Crippen molar-refractivity contribution in [2.45, 2.75) is 46.2 Å². The average molecular weight is 466 g/mol. The zero-order valence-electron chi connectivity index (χ0n) is 18.1. The van der Waals surface area contributed by atoms with Crippen molar-refractivity contribution in [1.82, 2.24) is 0 Å². The lowest BCUT2D eigenvalue weighted by Crippen LogP contribution is -2.47. The van der Waals surface area contributed by atoms with E-state index in [2.05, 4.69) is 0 Å². The molecule has 0 heterocycles. The third-order valence-corrected chi connectivity index (χ3v) is 5.33. The molecule has 9 heteroatoms. The Morgan fingerprint density at radius 1 is 1.12 bits per heavy atom. The van der Waals surface area contributed by atoms with Crippen molar-refractivity contribution in [3.63, 3.8) is 0 Å². The topological polar surface area (TPSA) is 47.3 Å². The van der Waals surface area contributed by atoms with Crippen LogP contribution in [0.2, 0.25) is 0 Å². The number of anilines is 2. The Kier molecular flexibility index (Phi) is 7.97. The first-order valence-corrected chi connectivity index (χ1v) is 10.4. The second-order valence-corrected chi connectivity index (χ2v) is 7.65. The minimum Gasteiger partial charge on any atom is -0.319 e. The van der Waals surface area contributed by atoms with E-state index in [1.807, 2.05) is 26.0 Å². The number of alkyl halides is 3. The molecule has 0 spiro atoms. The maximum absolute atomic E-state index is 15.1. The van der Waals surface area contributed by atoms with E-state index >= 15 is 4.39 Å². The Morgan fingerprint density at radius 2 is 1.72 bits per heavy atom. The van der Waals surface area contributed by atoms with E-state index in [9.17, 15) is 18.0 Å². The van der Waals surface area contributed by atoms with E-state index in [0.717, 1.165) is 22.6 Å². The average Bonchev–Trinajstić information content (AvgIpc) is 2.74. The van der Waals surface area contributed by atoms with Crippen LogP contribution in [0.1, 0.15) is 56.7 Å².